The lowest BCUT2D eigenvalue weighted by molar-refractivity contribution is -0.122. The van der Waals surface area contributed by atoms with E-state index in [2.05, 4.69) is 16.2 Å². The number of hydrazine groups is 1. The van der Waals surface area contributed by atoms with Crippen LogP contribution in [0, 0.1) is 0 Å². The van der Waals surface area contributed by atoms with Crippen LogP contribution in [-0.2, 0) is 16.0 Å². The topological polar surface area (TPSA) is 88.7 Å². The normalized spacial score (nSPS) is 10.2. The average Bonchev–Trinajstić information content (AvgIpc) is 2.76. The van der Waals surface area contributed by atoms with E-state index in [1.807, 2.05) is 36.4 Å². The van der Waals surface area contributed by atoms with Gasteiger partial charge in [-0.25, -0.2) is 0 Å². The zero-order valence-electron chi connectivity index (χ0n) is 16.3. The second kappa shape index (κ2) is 10.2. The molecule has 3 aromatic rings. The van der Waals surface area contributed by atoms with Crippen LogP contribution in [-0.4, -0.2) is 30.6 Å². The quantitative estimate of drug-likeness (QED) is 0.417. The highest BCUT2D eigenvalue weighted by molar-refractivity contribution is 7.80. The van der Waals surface area contributed by atoms with Crippen LogP contribution >= 0.6 is 12.2 Å². The molecular weight excluding hydrogens is 402 g/mol. The largest absolute Gasteiger partial charge is 0.497 e. The van der Waals surface area contributed by atoms with Gasteiger partial charge in [0.25, 0.3) is 5.91 Å². The molecule has 0 unspecified atom stereocenters. The summed E-state index contributed by atoms with van der Waals surface area (Å²) in [6.45, 7) is -0.208. The number of rotatable bonds is 6. The Hall–Kier alpha value is -3.65. The van der Waals surface area contributed by atoms with Crippen molar-refractivity contribution in [3.05, 3.63) is 72.3 Å². The van der Waals surface area contributed by atoms with Gasteiger partial charge in [-0.15, -0.1) is 0 Å². The molecule has 0 radical (unpaired) electrons. The molecule has 3 rings (SSSR count). The molecule has 3 aromatic carbocycles. The van der Waals surface area contributed by atoms with E-state index in [1.165, 1.54) is 0 Å². The maximum absolute atomic E-state index is 12.0. The molecule has 2 amide bonds. The van der Waals surface area contributed by atoms with Crippen molar-refractivity contribution in [3.63, 3.8) is 0 Å². The first-order valence-electron chi connectivity index (χ1n) is 9.16. The van der Waals surface area contributed by atoms with Crippen LogP contribution in [0.3, 0.4) is 0 Å². The summed E-state index contributed by atoms with van der Waals surface area (Å²) < 4.78 is 10.6. The fraction of sp³-hybridized carbons (Fsp3) is 0.136. The van der Waals surface area contributed by atoms with Crippen molar-refractivity contribution in [2.24, 2.45) is 0 Å². The van der Waals surface area contributed by atoms with E-state index in [0.29, 0.717) is 11.5 Å². The summed E-state index contributed by atoms with van der Waals surface area (Å²) in [6.07, 6.45) is 0.151. The van der Waals surface area contributed by atoms with E-state index in [-0.39, 0.29) is 24.0 Å². The number of ether oxygens (including phenoxy) is 2. The Balaban J connectivity index is 1.39. The third kappa shape index (κ3) is 6.18. The number of methoxy groups -OCH3 is 1. The fourth-order valence-electron chi connectivity index (χ4n) is 2.70. The highest BCUT2D eigenvalue weighted by atomic mass is 32.1. The Kier molecular flexibility index (Phi) is 7.18. The predicted molar refractivity (Wildman–Crippen MR) is 118 cm³/mol. The van der Waals surface area contributed by atoms with Crippen molar-refractivity contribution in [1.82, 2.24) is 16.2 Å². The molecule has 0 aliphatic heterocycles. The van der Waals surface area contributed by atoms with E-state index in [0.717, 1.165) is 16.3 Å². The summed E-state index contributed by atoms with van der Waals surface area (Å²) in [4.78, 5) is 24.0. The lowest BCUT2D eigenvalue weighted by Gasteiger charge is -2.12. The number of thiocarbonyl (C=S) groups is 1. The molecule has 0 spiro atoms. The minimum atomic E-state index is -0.440. The molecule has 0 atom stereocenters. The van der Waals surface area contributed by atoms with Crippen molar-refractivity contribution in [1.29, 1.82) is 0 Å². The highest BCUT2D eigenvalue weighted by Gasteiger charge is 2.08. The summed E-state index contributed by atoms with van der Waals surface area (Å²) in [7, 11) is 1.58. The van der Waals surface area contributed by atoms with Crippen LogP contribution in [0.25, 0.3) is 10.8 Å². The first kappa shape index (κ1) is 21.1. The molecule has 30 heavy (non-hydrogen) atoms. The smallest absolute Gasteiger partial charge is 0.264 e. The summed E-state index contributed by atoms with van der Waals surface area (Å²) in [6, 6.07) is 20.6. The van der Waals surface area contributed by atoms with E-state index >= 15 is 0 Å². The molecule has 154 valence electrons. The van der Waals surface area contributed by atoms with Crippen molar-refractivity contribution in [2.75, 3.05) is 13.7 Å². The molecule has 8 heteroatoms. The molecule has 0 aromatic heterocycles. The van der Waals surface area contributed by atoms with E-state index in [1.54, 1.807) is 37.4 Å². The summed E-state index contributed by atoms with van der Waals surface area (Å²) in [5.41, 5.74) is 5.75. The van der Waals surface area contributed by atoms with Gasteiger partial charge in [0, 0.05) is 0 Å². The summed E-state index contributed by atoms with van der Waals surface area (Å²) in [5, 5.41) is 4.53. The van der Waals surface area contributed by atoms with Crippen LogP contribution in [0.1, 0.15) is 5.56 Å². The Labute approximate surface area is 179 Å². The van der Waals surface area contributed by atoms with Gasteiger partial charge in [-0.05, 0) is 52.8 Å². The Morgan fingerprint density at radius 2 is 1.57 bits per heavy atom. The van der Waals surface area contributed by atoms with Crippen LogP contribution < -0.4 is 25.6 Å². The van der Waals surface area contributed by atoms with Crippen LogP contribution in [0.2, 0.25) is 0 Å². The van der Waals surface area contributed by atoms with Crippen molar-refractivity contribution in [3.8, 4) is 11.5 Å². The minimum Gasteiger partial charge on any atom is -0.497 e. The molecular formula is C22H21N3O4S. The Bertz CT molecular complexity index is 1050. The van der Waals surface area contributed by atoms with Gasteiger partial charge in [0.1, 0.15) is 11.5 Å². The number of nitrogens with one attached hydrogen (secondary N) is 3. The zero-order chi connectivity index (χ0) is 21.3. The third-order valence-corrected chi connectivity index (χ3v) is 4.39. The zero-order valence-corrected chi connectivity index (χ0v) is 17.1. The van der Waals surface area contributed by atoms with Gasteiger partial charge in [0.2, 0.25) is 5.91 Å². The molecule has 0 aliphatic carbocycles. The summed E-state index contributed by atoms with van der Waals surface area (Å²) >= 11 is 5.01. The third-order valence-electron chi connectivity index (χ3n) is 4.18. The number of hydrogen-bond acceptors (Lipinski definition) is 5. The number of amides is 2. The number of hydrogen-bond donors (Lipinski definition) is 3. The maximum atomic E-state index is 12.0. The molecule has 3 N–H and O–H groups in total. The molecule has 0 saturated carbocycles. The van der Waals surface area contributed by atoms with E-state index in [4.69, 9.17) is 21.7 Å². The molecule has 0 heterocycles. The second-order valence-corrected chi connectivity index (χ2v) is 6.78. The minimum absolute atomic E-state index is 0.0230. The Morgan fingerprint density at radius 1 is 0.867 bits per heavy atom. The first-order chi connectivity index (χ1) is 14.5. The molecule has 0 bridgehead atoms. The lowest BCUT2D eigenvalue weighted by atomic mass is 10.1. The van der Waals surface area contributed by atoms with Gasteiger partial charge in [0.15, 0.2) is 11.7 Å². The highest BCUT2D eigenvalue weighted by Crippen LogP contribution is 2.20. The first-order valence-corrected chi connectivity index (χ1v) is 9.57. The van der Waals surface area contributed by atoms with Crippen LogP contribution in [0.5, 0.6) is 11.5 Å². The fourth-order valence-corrected chi connectivity index (χ4v) is 2.86. The van der Waals surface area contributed by atoms with Crippen LogP contribution in [0.15, 0.2) is 66.7 Å². The van der Waals surface area contributed by atoms with Crippen molar-refractivity contribution < 1.29 is 19.1 Å². The van der Waals surface area contributed by atoms with Gasteiger partial charge in [-0.3, -0.25) is 25.8 Å². The van der Waals surface area contributed by atoms with E-state index in [9.17, 15) is 9.59 Å². The predicted octanol–water partition coefficient (Wildman–Crippen LogP) is 2.49. The SMILES string of the molecule is COc1ccc(CC(=O)NNC(=S)NC(=O)COc2ccc3ccccc3c2)cc1. The van der Waals surface area contributed by atoms with Gasteiger partial charge in [0.05, 0.1) is 13.5 Å². The van der Waals surface area contributed by atoms with E-state index < -0.39 is 5.91 Å². The van der Waals surface area contributed by atoms with Crippen molar-refractivity contribution in [2.45, 2.75) is 6.42 Å². The molecule has 7 nitrogen and oxygen atoms in total. The number of carbonyl (C=O) groups excluding carboxylic acids is 2. The van der Waals surface area contributed by atoms with Gasteiger partial charge >= 0.3 is 0 Å². The van der Waals surface area contributed by atoms with Gasteiger partial charge in [-0.2, -0.15) is 0 Å². The number of benzene rings is 3. The Morgan fingerprint density at radius 3 is 2.30 bits per heavy atom. The van der Waals surface area contributed by atoms with Gasteiger partial charge in [-0.1, -0.05) is 42.5 Å². The monoisotopic (exact) mass is 423 g/mol. The number of carbonyl (C=O) groups is 2. The van der Waals surface area contributed by atoms with Crippen molar-refractivity contribution >= 4 is 39.9 Å². The average molecular weight is 423 g/mol. The molecule has 0 saturated heterocycles. The second-order valence-electron chi connectivity index (χ2n) is 6.37. The molecule has 0 fully saturated rings. The number of fused-ring (bicyclic) bond motifs is 1. The molecule has 0 aliphatic rings. The van der Waals surface area contributed by atoms with Crippen LogP contribution in [0.4, 0.5) is 0 Å². The lowest BCUT2D eigenvalue weighted by Crippen LogP contribution is -2.49. The standard InChI is InChI=1S/C22H21N3O4S/c1-28-18-9-6-15(7-10-18)12-20(26)24-25-22(30)23-21(27)14-29-19-11-8-16-4-2-3-5-17(16)13-19/h2-11,13H,12,14H2,1H3,(H,24,26)(H2,23,25,27,30). The maximum Gasteiger partial charge on any atom is 0.264 e. The summed E-state index contributed by atoms with van der Waals surface area (Å²) in [5.74, 6) is 0.553. The van der Waals surface area contributed by atoms with Gasteiger partial charge < -0.3 is 9.47 Å².